The molecule has 1 aromatic heterocycles. The van der Waals surface area contributed by atoms with E-state index in [0.29, 0.717) is 13.2 Å². The van der Waals surface area contributed by atoms with Crippen molar-refractivity contribution in [2.45, 2.75) is 46.5 Å². The summed E-state index contributed by atoms with van der Waals surface area (Å²) in [5, 5.41) is 10.1. The Hall–Kier alpha value is -1.55. The number of ether oxygens (including phenoxy) is 2. The minimum Gasteiger partial charge on any atom is -0.490 e. The van der Waals surface area contributed by atoms with Gasteiger partial charge < -0.3 is 20.1 Å². The van der Waals surface area contributed by atoms with E-state index in [2.05, 4.69) is 38.1 Å². The third kappa shape index (κ3) is 9.51. The summed E-state index contributed by atoms with van der Waals surface area (Å²) in [5.41, 5.74) is 2.33. The first-order valence-corrected chi connectivity index (χ1v) is 11.3. The van der Waals surface area contributed by atoms with Gasteiger partial charge in [0.05, 0.1) is 18.2 Å². The summed E-state index contributed by atoms with van der Waals surface area (Å²) >= 11 is 1.75. The van der Waals surface area contributed by atoms with Crippen LogP contribution in [0.2, 0.25) is 0 Å². The summed E-state index contributed by atoms with van der Waals surface area (Å²) in [6.45, 7) is 8.97. The molecule has 8 heteroatoms. The SMILES string of the molecule is CCOc1ccc(CCNC(=NC)NCCCCc2nc(C)cs2)cc1OCC.I. The predicted molar refractivity (Wildman–Crippen MR) is 137 cm³/mol. The van der Waals surface area contributed by atoms with Crippen molar-refractivity contribution < 1.29 is 9.47 Å². The van der Waals surface area contributed by atoms with E-state index in [1.165, 1.54) is 10.6 Å². The van der Waals surface area contributed by atoms with Crippen molar-refractivity contribution in [3.8, 4) is 11.5 Å². The summed E-state index contributed by atoms with van der Waals surface area (Å²) in [7, 11) is 1.80. The molecule has 0 atom stereocenters. The van der Waals surface area contributed by atoms with Crippen LogP contribution in [0.3, 0.4) is 0 Å². The molecule has 0 spiro atoms. The molecule has 0 amide bonds. The Kier molecular flexibility index (Phi) is 13.5. The minimum atomic E-state index is 0. The predicted octanol–water partition coefficient (Wildman–Crippen LogP) is 4.60. The molecule has 168 valence electrons. The molecule has 0 saturated heterocycles. The highest BCUT2D eigenvalue weighted by Crippen LogP contribution is 2.28. The molecule has 0 aliphatic rings. The highest BCUT2D eigenvalue weighted by molar-refractivity contribution is 14.0. The molecule has 0 fully saturated rings. The highest BCUT2D eigenvalue weighted by Gasteiger charge is 2.06. The molecule has 2 N–H and O–H groups in total. The Morgan fingerprint density at radius 1 is 1.03 bits per heavy atom. The van der Waals surface area contributed by atoms with Crippen molar-refractivity contribution in [2.24, 2.45) is 4.99 Å². The lowest BCUT2D eigenvalue weighted by Gasteiger charge is -2.14. The van der Waals surface area contributed by atoms with Crippen LogP contribution in [-0.4, -0.2) is 44.3 Å². The summed E-state index contributed by atoms with van der Waals surface area (Å²) in [6, 6.07) is 6.14. The van der Waals surface area contributed by atoms with Gasteiger partial charge in [-0.2, -0.15) is 0 Å². The van der Waals surface area contributed by atoms with Gasteiger partial charge in [-0.25, -0.2) is 4.98 Å². The second kappa shape index (κ2) is 15.3. The van der Waals surface area contributed by atoms with Gasteiger partial charge in [-0.05, 0) is 64.2 Å². The van der Waals surface area contributed by atoms with Crippen molar-refractivity contribution in [3.63, 3.8) is 0 Å². The van der Waals surface area contributed by atoms with E-state index in [9.17, 15) is 0 Å². The summed E-state index contributed by atoms with van der Waals surface area (Å²) in [4.78, 5) is 8.81. The van der Waals surface area contributed by atoms with Crippen LogP contribution in [0.25, 0.3) is 0 Å². The quantitative estimate of drug-likeness (QED) is 0.176. The van der Waals surface area contributed by atoms with E-state index in [1.807, 2.05) is 26.8 Å². The van der Waals surface area contributed by atoms with E-state index in [-0.39, 0.29) is 24.0 Å². The van der Waals surface area contributed by atoms with Gasteiger partial charge in [0, 0.05) is 31.2 Å². The largest absolute Gasteiger partial charge is 0.490 e. The lowest BCUT2D eigenvalue weighted by molar-refractivity contribution is 0.287. The van der Waals surface area contributed by atoms with Crippen LogP contribution in [0.4, 0.5) is 0 Å². The average Bonchev–Trinajstić information content (AvgIpc) is 3.13. The Bertz CT molecular complexity index is 767. The molecule has 2 aromatic rings. The molecule has 0 aliphatic carbocycles. The zero-order valence-electron chi connectivity index (χ0n) is 18.5. The molecule has 1 heterocycles. The smallest absolute Gasteiger partial charge is 0.190 e. The van der Waals surface area contributed by atoms with Crippen LogP contribution in [0.15, 0.2) is 28.6 Å². The number of thiazole rings is 1. The second-order valence-corrected chi connectivity index (χ2v) is 7.61. The zero-order valence-corrected chi connectivity index (χ0v) is 21.6. The lowest BCUT2D eigenvalue weighted by Crippen LogP contribution is -2.38. The van der Waals surface area contributed by atoms with Crippen LogP contribution >= 0.6 is 35.3 Å². The number of guanidine groups is 1. The third-order valence-electron chi connectivity index (χ3n) is 4.31. The molecule has 1 aromatic carbocycles. The topological polar surface area (TPSA) is 67.8 Å². The number of unbranched alkanes of at least 4 members (excludes halogenated alkanes) is 1. The molecule has 0 unspecified atom stereocenters. The van der Waals surface area contributed by atoms with Crippen molar-refractivity contribution in [2.75, 3.05) is 33.4 Å². The van der Waals surface area contributed by atoms with Gasteiger partial charge in [0.2, 0.25) is 0 Å². The van der Waals surface area contributed by atoms with Crippen molar-refractivity contribution >= 4 is 41.3 Å². The molecular formula is C22H35IN4O2S. The highest BCUT2D eigenvalue weighted by atomic mass is 127. The van der Waals surface area contributed by atoms with E-state index in [0.717, 1.165) is 61.9 Å². The second-order valence-electron chi connectivity index (χ2n) is 6.66. The number of nitrogens with zero attached hydrogens (tertiary/aromatic N) is 2. The fraction of sp³-hybridized carbons (Fsp3) is 0.545. The average molecular weight is 547 g/mol. The normalized spacial score (nSPS) is 11.0. The molecule has 0 aliphatic heterocycles. The fourth-order valence-electron chi connectivity index (χ4n) is 2.92. The maximum atomic E-state index is 5.70. The molecule has 0 radical (unpaired) electrons. The number of benzene rings is 1. The number of aryl methyl sites for hydroxylation is 2. The number of halogens is 1. The van der Waals surface area contributed by atoms with Gasteiger partial charge in [-0.15, -0.1) is 35.3 Å². The number of hydrogen-bond donors (Lipinski definition) is 2. The van der Waals surface area contributed by atoms with Gasteiger partial charge in [0.15, 0.2) is 17.5 Å². The lowest BCUT2D eigenvalue weighted by atomic mass is 10.1. The summed E-state index contributed by atoms with van der Waals surface area (Å²) in [5.74, 6) is 2.45. The number of rotatable bonds is 12. The van der Waals surface area contributed by atoms with Gasteiger partial charge in [-0.1, -0.05) is 6.07 Å². The molecular weight excluding hydrogens is 511 g/mol. The van der Waals surface area contributed by atoms with Crippen LogP contribution in [0.1, 0.15) is 43.0 Å². The van der Waals surface area contributed by atoms with Gasteiger partial charge in [0.25, 0.3) is 0 Å². The number of nitrogens with one attached hydrogen (secondary N) is 2. The Labute approximate surface area is 201 Å². The minimum absolute atomic E-state index is 0. The van der Waals surface area contributed by atoms with Gasteiger partial charge >= 0.3 is 0 Å². The zero-order chi connectivity index (χ0) is 20.9. The number of aromatic nitrogens is 1. The van der Waals surface area contributed by atoms with E-state index in [4.69, 9.17) is 9.47 Å². The Balaban J connectivity index is 0.00000450. The molecule has 2 rings (SSSR count). The first-order valence-electron chi connectivity index (χ1n) is 10.4. The van der Waals surface area contributed by atoms with Crippen LogP contribution in [0, 0.1) is 6.92 Å². The van der Waals surface area contributed by atoms with E-state index >= 15 is 0 Å². The Morgan fingerprint density at radius 2 is 1.77 bits per heavy atom. The standard InChI is InChI=1S/C22H34N4O2S.HI/c1-5-27-19-11-10-18(15-20(19)28-6-2)12-14-25-22(23-4)24-13-8-7-9-21-26-17(3)16-29-21;/h10-11,15-16H,5-9,12-14H2,1-4H3,(H2,23,24,25);1H. The molecule has 0 saturated carbocycles. The van der Waals surface area contributed by atoms with Crippen molar-refractivity contribution in [3.05, 3.63) is 39.8 Å². The first kappa shape index (κ1) is 26.5. The number of hydrogen-bond acceptors (Lipinski definition) is 5. The fourth-order valence-corrected chi connectivity index (χ4v) is 3.74. The first-order chi connectivity index (χ1) is 14.2. The monoisotopic (exact) mass is 546 g/mol. The molecule has 30 heavy (non-hydrogen) atoms. The maximum absolute atomic E-state index is 5.70. The molecule has 6 nitrogen and oxygen atoms in total. The maximum Gasteiger partial charge on any atom is 0.190 e. The van der Waals surface area contributed by atoms with Crippen LogP contribution in [0.5, 0.6) is 11.5 Å². The van der Waals surface area contributed by atoms with Crippen LogP contribution < -0.4 is 20.1 Å². The summed E-state index contributed by atoms with van der Waals surface area (Å²) in [6.07, 6.45) is 4.15. The number of aliphatic imine (C=N–C) groups is 1. The third-order valence-corrected chi connectivity index (χ3v) is 5.34. The van der Waals surface area contributed by atoms with Gasteiger partial charge in [-0.3, -0.25) is 4.99 Å². The van der Waals surface area contributed by atoms with E-state index in [1.54, 1.807) is 18.4 Å². The van der Waals surface area contributed by atoms with Gasteiger partial charge in [0.1, 0.15) is 0 Å². The Morgan fingerprint density at radius 3 is 2.43 bits per heavy atom. The summed E-state index contributed by atoms with van der Waals surface area (Å²) < 4.78 is 11.3. The van der Waals surface area contributed by atoms with Crippen molar-refractivity contribution in [1.29, 1.82) is 0 Å². The molecule has 0 bridgehead atoms. The van der Waals surface area contributed by atoms with Crippen molar-refractivity contribution in [1.82, 2.24) is 15.6 Å². The van der Waals surface area contributed by atoms with E-state index < -0.39 is 0 Å². The van der Waals surface area contributed by atoms with Crippen LogP contribution in [-0.2, 0) is 12.8 Å².